The monoisotopic (exact) mass is 238 g/mol. The largest absolute Gasteiger partial charge is 0.340 e. The van der Waals surface area contributed by atoms with Gasteiger partial charge in [-0.05, 0) is 38.5 Å². The first-order chi connectivity index (χ1) is 8.14. The molecule has 0 spiro atoms. The van der Waals surface area contributed by atoms with Crippen molar-refractivity contribution in [3.05, 3.63) is 0 Å². The predicted molar refractivity (Wildman–Crippen MR) is 69.6 cm³/mol. The molecule has 3 nitrogen and oxygen atoms in total. The maximum absolute atomic E-state index is 12.4. The molecule has 2 N–H and O–H groups in total. The molecule has 3 heteroatoms. The zero-order valence-corrected chi connectivity index (χ0v) is 11.1. The van der Waals surface area contributed by atoms with E-state index in [1.807, 2.05) is 0 Å². The summed E-state index contributed by atoms with van der Waals surface area (Å²) >= 11 is 0. The van der Waals surface area contributed by atoms with E-state index in [2.05, 4.69) is 11.8 Å². The lowest BCUT2D eigenvalue weighted by Gasteiger charge is -2.37. The molecule has 17 heavy (non-hydrogen) atoms. The van der Waals surface area contributed by atoms with Gasteiger partial charge < -0.3 is 10.6 Å². The van der Waals surface area contributed by atoms with E-state index < -0.39 is 0 Å². The van der Waals surface area contributed by atoms with Crippen LogP contribution in [-0.2, 0) is 4.79 Å². The molecule has 98 valence electrons. The molecule has 1 aliphatic heterocycles. The van der Waals surface area contributed by atoms with Gasteiger partial charge in [0.25, 0.3) is 0 Å². The lowest BCUT2D eigenvalue weighted by molar-refractivity contribution is -0.136. The van der Waals surface area contributed by atoms with Crippen molar-refractivity contribution in [1.29, 1.82) is 0 Å². The first-order valence-electron chi connectivity index (χ1n) is 7.23. The number of piperidine rings is 1. The van der Waals surface area contributed by atoms with Crippen molar-refractivity contribution in [2.45, 2.75) is 76.3 Å². The SMILES string of the molecule is CCC1CCCCN1C(=O)CC1(N)CCCC1. The van der Waals surface area contributed by atoms with Crippen LogP contribution >= 0.6 is 0 Å². The van der Waals surface area contributed by atoms with Crippen molar-refractivity contribution >= 4 is 5.91 Å². The summed E-state index contributed by atoms with van der Waals surface area (Å²) < 4.78 is 0. The van der Waals surface area contributed by atoms with E-state index in [1.165, 1.54) is 32.1 Å². The molecular weight excluding hydrogens is 212 g/mol. The first kappa shape index (κ1) is 12.9. The van der Waals surface area contributed by atoms with Gasteiger partial charge in [0.05, 0.1) is 0 Å². The van der Waals surface area contributed by atoms with Crippen molar-refractivity contribution in [2.24, 2.45) is 5.73 Å². The molecule has 0 aromatic carbocycles. The fourth-order valence-electron chi connectivity index (χ4n) is 3.41. The van der Waals surface area contributed by atoms with Gasteiger partial charge >= 0.3 is 0 Å². The van der Waals surface area contributed by atoms with Gasteiger partial charge in [-0.15, -0.1) is 0 Å². The van der Waals surface area contributed by atoms with Crippen LogP contribution in [0.5, 0.6) is 0 Å². The number of carbonyl (C=O) groups is 1. The number of likely N-dealkylation sites (tertiary alicyclic amines) is 1. The Bertz CT molecular complexity index is 271. The summed E-state index contributed by atoms with van der Waals surface area (Å²) in [7, 11) is 0. The normalized spacial score (nSPS) is 28.4. The average molecular weight is 238 g/mol. The highest BCUT2D eigenvalue weighted by Gasteiger charge is 2.35. The molecule has 2 aliphatic rings. The lowest BCUT2D eigenvalue weighted by atomic mass is 9.92. The fraction of sp³-hybridized carbons (Fsp3) is 0.929. The van der Waals surface area contributed by atoms with Gasteiger partial charge in [-0.1, -0.05) is 19.8 Å². The van der Waals surface area contributed by atoms with Gasteiger partial charge in [0.1, 0.15) is 0 Å². The third-order valence-corrected chi connectivity index (χ3v) is 4.52. The highest BCUT2D eigenvalue weighted by molar-refractivity contribution is 5.78. The van der Waals surface area contributed by atoms with E-state index in [4.69, 9.17) is 5.73 Å². The van der Waals surface area contributed by atoms with E-state index in [-0.39, 0.29) is 5.54 Å². The lowest BCUT2D eigenvalue weighted by Crippen LogP contribution is -2.48. The summed E-state index contributed by atoms with van der Waals surface area (Å²) in [6.45, 7) is 3.14. The molecule has 0 radical (unpaired) electrons. The molecule has 1 saturated heterocycles. The summed E-state index contributed by atoms with van der Waals surface area (Å²) in [6.07, 6.45) is 9.73. The van der Waals surface area contributed by atoms with Crippen LogP contribution in [0, 0.1) is 0 Å². The fourth-order valence-corrected chi connectivity index (χ4v) is 3.41. The summed E-state index contributed by atoms with van der Waals surface area (Å²) in [6, 6.07) is 0.473. The minimum Gasteiger partial charge on any atom is -0.340 e. The number of carbonyl (C=O) groups excluding carboxylic acids is 1. The number of nitrogens with zero attached hydrogens (tertiary/aromatic N) is 1. The summed E-state index contributed by atoms with van der Waals surface area (Å²) in [5.41, 5.74) is 6.12. The van der Waals surface area contributed by atoms with Crippen molar-refractivity contribution < 1.29 is 4.79 Å². The highest BCUT2D eigenvalue weighted by atomic mass is 16.2. The molecule has 1 aliphatic carbocycles. The Morgan fingerprint density at radius 2 is 2.00 bits per heavy atom. The molecule has 1 amide bonds. The number of rotatable bonds is 3. The highest BCUT2D eigenvalue weighted by Crippen LogP contribution is 2.31. The molecule has 0 aromatic rings. The van der Waals surface area contributed by atoms with Crippen LogP contribution in [0.15, 0.2) is 0 Å². The maximum Gasteiger partial charge on any atom is 0.224 e. The molecule has 0 aromatic heterocycles. The van der Waals surface area contributed by atoms with E-state index in [9.17, 15) is 4.79 Å². The van der Waals surface area contributed by atoms with Gasteiger partial charge in [-0.3, -0.25) is 4.79 Å². The smallest absolute Gasteiger partial charge is 0.224 e. The quantitative estimate of drug-likeness (QED) is 0.821. The van der Waals surface area contributed by atoms with Gasteiger partial charge in [0.15, 0.2) is 0 Å². The second kappa shape index (κ2) is 5.38. The van der Waals surface area contributed by atoms with Crippen LogP contribution in [0.2, 0.25) is 0 Å². The van der Waals surface area contributed by atoms with Gasteiger partial charge in [-0.25, -0.2) is 0 Å². The van der Waals surface area contributed by atoms with E-state index >= 15 is 0 Å². The van der Waals surface area contributed by atoms with Crippen LogP contribution in [-0.4, -0.2) is 28.9 Å². The third-order valence-electron chi connectivity index (χ3n) is 4.52. The Hall–Kier alpha value is -0.570. The summed E-state index contributed by atoms with van der Waals surface area (Å²) in [4.78, 5) is 14.5. The predicted octanol–water partition coefficient (Wildman–Crippen LogP) is 2.44. The molecule has 1 unspecified atom stereocenters. The van der Waals surface area contributed by atoms with Gasteiger partial charge in [0.2, 0.25) is 5.91 Å². The molecule has 1 atom stereocenters. The topological polar surface area (TPSA) is 46.3 Å². The third kappa shape index (κ3) is 3.01. The Kier molecular flexibility index (Phi) is 4.08. The van der Waals surface area contributed by atoms with E-state index in [0.717, 1.165) is 25.8 Å². The van der Waals surface area contributed by atoms with Crippen molar-refractivity contribution in [3.8, 4) is 0 Å². The molecular formula is C14H26N2O. The first-order valence-corrected chi connectivity index (χ1v) is 7.23. The Morgan fingerprint density at radius 1 is 1.29 bits per heavy atom. The maximum atomic E-state index is 12.4. The number of amides is 1. The van der Waals surface area contributed by atoms with Gasteiger partial charge in [0, 0.05) is 24.5 Å². The van der Waals surface area contributed by atoms with Crippen LogP contribution in [0.3, 0.4) is 0 Å². The summed E-state index contributed by atoms with van der Waals surface area (Å²) in [5, 5.41) is 0. The second-order valence-electron chi connectivity index (χ2n) is 5.89. The van der Waals surface area contributed by atoms with Crippen LogP contribution < -0.4 is 5.73 Å². The average Bonchev–Trinajstić information content (AvgIpc) is 2.75. The van der Waals surface area contributed by atoms with Crippen molar-refractivity contribution in [2.75, 3.05) is 6.54 Å². The zero-order chi connectivity index (χ0) is 12.3. The second-order valence-corrected chi connectivity index (χ2v) is 5.89. The standard InChI is InChI=1S/C14H26N2O/c1-2-12-7-3-6-10-16(12)13(17)11-14(15)8-4-5-9-14/h12H,2-11,15H2,1H3. The molecule has 1 saturated carbocycles. The van der Waals surface area contributed by atoms with Gasteiger partial charge in [-0.2, -0.15) is 0 Å². The van der Waals surface area contributed by atoms with Crippen LogP contribution in [0.1, 0.15) is 64.7 Å². The number of hydrogen-bond acceptors (Lipinski definition) is 2. The minimum atomic E-state index is -0.188. The van der Waals surface area contributed by atoms with E-state index in [0.29, 0.717) is 18.4 Å². The van der Waals surface area contributed by atoms with Crippen LogP contribution in [0.25, 0.3) is 0 Å². The summed E-state index contributed by atoms with van der Waals surface area (Å²) in [5.74, 6) is 0.306. The Labute approximate surface area is 105 Å². The van der Waals surface area contributed by atoms with Crippen molar-refractivity contribution in [3.63, 3.8) is 0 Å². The number of hydrogen-bond donors (Lipinski definition) is 1. The molecule has 2 fully saturated rings. The Balaban J connectivity index is 1.93. The minimum absolute atomic E-state index is 0.188. The molecule has 2 rings (SSSR count). The number of nitrogens with two attached hydrogens (primary N) is 1. The van der Waals surface area contributed by atoms with Crippen LogP contribution in [0.4, 0.5) is 0 Å². The molecule has 0 bridgehead atoms. The van der Waals surface area contributed by atoms with Crippen molar-refractivity contribution in [1.82, 2.24) is 4.90 Å². The van der Waals surface area contributed by atoms with E-state index in [1.54, 1.807) is 0 Å². The zero-order valence-electron chi connectivity index (χ0n) is 11.1. The molecule has 1 heterocycles. The Morgan fingerprint density at radius 3 is 2.65 bits per heavy atom.